The highest BCUT2D eigenvalue weighted by molar-refractivity contribution is 5.71. The molecule has 0 aliphatic carbocycles. The number of allylic oxidation sites excluding steroid dienone is 16. The molecule has 0 aliphatic heterocycles. The van der Waals surface area contributed by atoms with Gasteiger partial charge in [-0.2, -0.15) is 0 Å². The third kappa shape index (κ3) is 55.3. The molecule has 0 N–H and O–H groups in total. The van der Waals surface area contributed by atoms with Crippen LogP contribution in [0.25, 0.3) is 0 Å². The van der Waals surface area contributed by atoms with Crippen LogP contribution < -0.4 is 0 Å². The molecule has 6 nitrogen and oxygen atoms in total. The van der Waals surface area contributed by atoms with Gasteiger partial charge >= 0.3 is 17.9 Å². The Balaban J connectivity index is 4.44. The Hall–Kier alpha value is -3.67. The fraction of sp³-hybridized carbons (Fsp3) is 0.703. The Labute approximate surface area is 432 Å². The summed E-state index contributed by atoms with van der Waals surface area (Å²) in [5.74, 6) is -0.949. The first-order chi connectivity index (χ1) is 34.5. The molecule has 1 unspecified atom stereocenters. The molecule has 0 amide bonds. The molecule has 0 rings (SSSR count). The summed E-state index contributed by atoms with van der Waals surface area (Å²) in [5, 5.41) is 0. The molecule has 0 bridgehead atoms. The van der Waals surface area contributed by atoms with Crippen molar-refractivity contribution in [3.8, 4) is 0 Å². The smallest absolute Gasteiger partial charge is 0.306 e. The summed E-state index contributed by atoms with van der Waals surface area (Å²) < 4.78 is 16.8. The van der Waals surface area contributed by atoms with Crippen LogP contribution in [0.2, 0.25) is 0 Å². The van der Waals surface area contributed by atoms with Crippen LogP contribution in [-0.4, -0.2) is 37.2 Å². The van der Waals surface area contributed by atoms with Gasteiger partial charge in [-0.3, -0.25) is 14.4 Å². The highest BCUT2D eigenvalue weighted by Gasteiger charge is 2.19. The second-order valence-corrected chi connectivity index (χ2v) is 19.2. The summed E-state index contributed by atoms with van der Waals surface area (Å²) in [5.41, 5.74) is 0. The Morgan fingerprint density at radius 1 is 0.300 bits per heavy atom. The summed E-state index contributed by atoms with van der Waals surface area (Å²) in [6, 6.07) is 0. The Bertz CT molecular complexity index is 1400. The van der Waals surface area contributed by atoms with Crippen molar-refractivity contribution < 1.29 is 28.6 Å². The molecule has 1 atom stereocenters. The first-order valence-electron chi connectivity index (χ1n) is 29.2. The van der Waals surface area contributed by atoms with Gasteiger partial charge in [0.15, 0.2) is 6.10 Å². The Kier molecular flexibility index (Phi) is 54.9. The second kappa shape index (κ2) is 57.9. The Morgan fingerprint density at radius 3 is 0.943 bits per heavy atom. The lowest BCUT2D eigenvalue weighted by molar-refractivity contribution is -0.167. The number of esters is 3. The van der Waals surface area contributed by atoms with Crippen molar-refractivity contribution in [3.63, 3.8) is 0 Å². The van der Waals surface area contributed by atoms with E-state index in [9.17, 15) is 14.4 Å². The van der Waals surface area contributed by atoms with Gasteiger partial charge in [0.2, 0.25) is 0 Å². The van der Waals surface area contributed by atoms with Crippen molar-refractivity contribution in [2.45, 2.75) is 277 Å². The molecular weight excluding hydrogens is 865 g/mol. The maximum atomic E-state index is 12.9. The van der Waals surface area contributed by atoms with Gasteiger partial charge in [-0.15, -0.1) is 0 Å². The molecule has 0 saturated heterocycles. The quantitative estimate of drug-likeness (QED) is 0.0262. The summed E-state index contributed by atoms with van der Waals surface area (Å²) in [4.78, 5) is 38.1. The molecule has 0 spiro atoms. The number of hydrogen-bond acceptors (Lipinski definition) is 6. The highest BCUT2D eigenvalue weighted by atomic mass is 16.6. The molecule has 0 radical (unpaired) electrons. The molecule has 6 heteroatoms. The predicted molar refractivity (Wildman–Crippen MR) is 302 cm³/mol. The molecule has 0 heterocycles. The van der Waals surface area contributed by atoms with E-state index >= 15 is 0 Å². The van der Waals surface area contributed by atoms with Crippen LogP contribution in [0.15, 0.2) is 97.2 Å². The topological polar surface area (TPSA) is 78.9 Å². The first kappa shape index (κ1) is 66.3. The summed E-state index contributed by atoms with van der Waals surface area (Å²) in [6.07, 6.45) is 76.9. The minimum atomic E-state index is -0.801. The van der Waals surface area contributed by atoms with Crippen molar-refractivity contribution >= 4 is 17.9 Å². The van der Waals surface area contributed by atoms with E-state index in [0.717, 1.165) is 109 Å². The molecule has 0 fully saturated rings. The zero-order valence-corrected chi connectivity index (χ0v) is 45.8. The molecule has 70 heavy (non-hydrogen) atoms. The average Bonchev–Trinajstić information content (AvgIpc) is 3.36. The fourth-order valence-electron chi connectivity index (χ4n) is 7.91. The van der Waals surface area contributed by atoms with Gasteiger partial charge in [0.25, 0.3) is 0 Å². The van der Waals surface area contributed by atoms with Crippen molar-refractivity contribution in [1.29, 1.82) is 0 Å². The molecule has 0 aromatic heterocycles. The van der Waals surface area contributed by atoms with Crippen molar-refractivity contribution in [2.24, 2.45) is 0 Å². The van der Waals surface area contributed by atoms with E-state index in [1.165, 1.54) is 122 Å². The first-order valence-corrected chi connectivity index (χ1v) is 29.2. The minimum absolute atomic E-state index is 0.0966. The van der Waals surface area contributed by atoms with Crippen LogP contribution in [0.5, 0.6) is 0 Å². The number of rotatable bonds is 52. The number of hydrogen-bond donors (Lipinski definition) is 0. The largest absolute Gasteiger partial charge is 0.462 e. The lowest BCUT2D eigenvalue weighted by atomic mass is 10.1. The lowest BCUT2D eigenvalue weighted by Gasteiger charge is -2.18. The molecule has 400 valence electrons. The molecular formula is C64H108O6. The predicted octanol–water partition coefficient (Wildman–Crippen LogP) is 19.7. The van der Waals surface area contributed by atoms with Crippen molar-refractivity contribution in [3.05, 3.63) is 97.2 Å². The number of carbonyl (C=O) groups excluding carboxylic acids is 3. The lowest BCUT2D eigenvalue weighted by Crippen LogP contribution is -2.30. The van der Waals surface area contributed by atoms with Crippen LogP contribution in [0.4, 0.5) is 0 Å². The summed E-state index contributed by atoms with van der Waals surface area (Å²) >= 11 is 0. The number of ether oxygens (including phenoxy) is 3. The SMILES string of the molecule is CC/C=C\C/C=C\C/C=C\C/C=C\C/C=C\C/C=C\CCCCC(=O)OCC(COC(=O)CCCCCCC/C=C\CCCCC)OC(=O)CCCCCCCCCCC/C=C\CCCCCCCC. The van der Waals surface area contributed by atoms with Gasteiger partial charge in [-0.25, -0.2) is 0 Å². The number of unbranched alkanes of at least 4 members (excludes halogenated alkanes) is 25. The third-order valence-corrected chi connectivity index (χ3v) is 12.3. The molecule has 0 aromatic carbocycles. The summed E-state index contributed by atoms with van der Waals surface area (Å²) in [6.45, 7) is 6.46. The fourth-order valence-corrected chi connectivity index (χ4v) is 7.91. The zero-order chi connectivity index (χ0) is 50.7. The Morgan fingerprint density at radius 2 is 0.557 bits per heavy atom. The van der Waals surface area contributed by atoms with Gasteiger partial charge in [0.05, 0.1) is 0 Å². The highest BCUT2D eigenvalue weighted by Crippen LogP contribution is 2.15. The van der Waals surface area contributed by atoms with E-state index in [-0.39, 0.29) is 31.1 Å². The maximum Gasteiger partial charge on any atom is 0.306 e. The third-order valence-electron chi connectivity index (χ3n) is 12.3. The summed E-state index contributed by atoms with van der Waals surface area (Å²) in [7, 11) is 0. The normalized spacial score (nSPS) is 12.8. The molecule has 0 aromatic rings. The van der Waals surface area contributed by atoms with Gasteiger partial charge in [0.1, 0.15) is 13.2 Å². The van der Waals surface area contributed by atoms with E-state index in [0.29, 0.717) is 19.3 Å². The van der Waals surface area contributed by atoms with Gasteiger partial charge in [0, 0.05) is 19.3 Å². The van der Waals surface area contributed by atoms with Crippen LogP contribution in [0, 0.1) is 0 Å². The monoisotopic (exact) mass is 973 g/mol. The minimum Gasteiger partial charge on any atom is -0.462 e. The maximum absolute atomic E-state index is 12.9. The van der Waals surface area contributed by atoms with Gasteiger partial charge in [-0.05, 0) is 122 Å². The van der Waals surface area contributed by atoms with E-state index in [4.69, 9.17) is 14.2 Å². The van der Waals surface area contributed by atoms with Crippen LogP contribution in [-0.2, 0) is 28.6 Å². The van der Waals surface area contributed by atoms with Gasteiger partial charge < -0.3 is 14.2 Å². The van der Waals surface area contributed by atoms with E-state index in [1.54, 1.807) is 0 Å². The van der Waals surface area contributed by atoms with Crippen LogP contribution in [0.3, 0.4) is 0 Å². The molecule has 0 aliphatic rings. The standard InChI is InChI=1S/C64H108O6/c1-4-7-10-13-16-19-22-25-27-29-31-32-34-35-37-39-42-45-48-51-54-57-63(66)69-60-61(59-68-62(65)56-53-50-47-44-41-24-21-18-15-12-9-6-3)70-64(67)58-55-52-49-46-43-40-38-36-33-30-28-26-23-20-17-14-11-8-5-2/h7,10,16,18-19,21,25-28,31-32,35,37,42,45,61H,4-6,8-9,11-15,17,20,22-24,29-30,33-34,36,38-41,43-44,46-60H2,1-3H3/b10-7-,19-16-,21-18-,27-25-,28-26-,32-31-,37-35-,45-42-. The van der Waals surface area contributed by atoms with Crippen LogP contribution >= 0.6 is 0 Å². The molecule has 0 saturated carbocycles. The number of carbonyl (C=O) groups is 3. The van der Waals surface area contributed by atoms with Crippen LogP contribution in [0.1, 0.15) is 271 Å². The van der Waals surface area contributed by atoms with Gasteiger partial charge in [-0.1, -0.05) is 227 Å². The zero-order valence-electron chi connectivity index (χ0n) is 45.8. The van der Waals surface area contributed by atoms with Crippen molar-refractivity contribution in [1.82, 2.24) is 0 Å². The second-order valence-electron chi connectivity index (χ2n) is 19.2. The average molecular weight is 974 g/mol. The van der Waals surface area contributed by atoms with E-state index in [2.05, 4.69) is 118 Å². The van der Waals surface area contributed by atoms with Crippen molar-refractivity contribution in [2.75, 3.05) is 13.2 Å². The van der Waals surface area contributed by atoms with E-state index < -0.39 is 6.10 Å². The van der Waals surface area contributed by atoms with E-state index in [1.807, 2.05) is 0 Å².